The van der Waals surface area contributed by atoms with E-state index in [-0.39, 0.29) is 23.8 Å². The lowest BCUT2D eigenvalue weighted by atomic mass is 10.1. The molecule has 1 unspecified atom stereocenters. The summed E-state index contributed by atoms with van der Waals surface area (Å²) in [5, 5.41) is 9.47. The molecule has 0 aromatic carbocycles. The van der Waals surface area contributed by atoms with Gasteiger partial charge in [0.15, 0.2) is 0 Å². The van der Waals surface area contributed by atoms with Crippen LogP contribution in [0.3, 0.4) is 0 Å². The highest BCUT2D eigenvalue weighted by Gasteiger charge is 2.27. The number of halogens is 1. The number of amides is 1. The molecule has 2 heterocycles. The lowest BCUT2D eigenvalue weighted by Crippen LogP contribution is -2.42. The summed E-state index contributed by atoms with van der Waals surface area (Å²) in [7, 11) is 0. The minimum Gasteiger partial charge on any atom is -0.452 e. The Labute approximate surface area is 105 Å². The Bertz CT molecular complexity index is 391. The van der Waals surface area contributed by atoms with E-state index in [1.807, 2.05) is 0 Å². The van der Waals surface area contributed by atoms with Gasteiger partial charge in [-0.15, -0.1) is 0 Å². The molecular weight excluding hydrogens is 242 g/mol. The molecule has 0 saturated carbocycles. The van der Waals surface area contributed by atoms with Crippen LogP contribution in [-0.4, -0.2) is 35.1 Å². The highest BCUT2D eigenvalue weighted by Crippen LogP contribution is 2.23. The number of carbonyl (C=O) groups excluding carboxylic acids is 1. The van der Waals surface area contributed by atoms with E-state index in [1.54, 1.807) is 11.0 Å². The Hall–Kier alpha value is -1.00. The van der Waals surface area contributed by atoms with Crippen LogP contribution >= 0.6 is 11.6 Å². The number of aliphatic hydroxyl groups excluding tert-OH is 1. The van der Waals surface area contributed by atoms with Crippen LogP contribution in [0.5, 0.6) is 0 Å². The largest absolute Gasteiger partial charge is 0.452 e. The van der Waals surface area contributed by atoms with Crippen LogP contribution in [0.15, 0.2) is 16.7 Å². The lowest BCUT2D eigenvalue weighted by Gasteiger charge is -2.28. The number of nitrogens with zero attached hydrogens (tertiary/aromatic N) is 1. The summed E-state index contributed by atoms with van der Waals surface area (Å²) >= 11 is 5.81. The van der Waals surface area contributed by atoms with Crippen LogP contribution in [0, 0.1) is 0 Å². The van der Waals surface area contributed by atoms with Gasteiger partial charge in [-0.25, -0.2) is 0 Å². The van der Waals surface area contributed by atoms with Crippen molar-refractivity contribution in [3.8, 4) is 0 Å². The maximum Gasteiger partial charge on any atom is 0.259 e. The molecule has 2 rings (SSSR count). The van der Waals surface area contributed by atoms with Crippen LogP contribution in [0.4, 0.5) is 0 Å². The molecule has 5 heteroatoms. The van der Waals surface area contributed by atoms with E-state index in [9.17, 15) is 9.90 Å². The molecule has 1 N–H and O–H groups in total. The van der Waals surface area contributed by atoms with E-state index in [0.717, 1.165) is 25.7 Å². The number of aliphatic hydroxyl groups is 1. The first-order chi connectivity index (χ1) is 8.24. The third kappa shape index (κ3) is 2.64. The summed E-state index contributed by atoms with van der Waals surface area (Å²) in [4.78, 5) is 14.0. The maximum absolute atomic E-state index is 12.3. The molecule has 0 bridgehead atoms. The van der Waals surface area contributed by atoms with Crippen molar-refractivity contribution in [2.24, 2.45) is 0 Å². The third-order valence-corrected chi connectivity index (χ3v) is 3.49. The zero-order valence-corrected chi connectivity index (χ0v) is 10.3. The summed E-state index contributed by atoms with van der Waals surface area (Å²) < 4.78 is 4.93. The van der Waals surface area contributed by atoms with Crippen molar-refractivity contribution in [2.45, 2.75) is 31.7 Å². The molecule has 17 heavy (non-hydrogen) atoms. The molecule has 1 aliphatic heterocycles. The Balaban J connectivity index is 2.18. The van der Waals surface area contributed by atoms with Crippen molar-refractivity contribution >= 4 is 17.5 Å². The molecule has 1 aromatic heterocycles. The molecule has 0 spiro atoms. The fourth-order valence-electron chi connectivity index (χ4n) is 2.24. The van der Waals surface area contributed by atoms with Crippen molar-refractivity contribution in [1.29, 1.82) is 0 Å². The molecule has 94 valence electrons. The van der Waals surface area contributed by atoms with Gasteiger partial charge in [0, 0.05) is 6.54 Å². The molecule has 1 amide bonds. The highest BCUT2D eigenvalue weighted by atomic mass is 35.5. The molecule has 1 fully saturated rings. The number of rotatable bonds is 2. The van der Waals surface area contributed by atoms with Gasteiger partial charge in [-0.2, -0.15) is 0 Å². The molecule has 0 aliphatic carbocycles. The topological polar surface area (TPSA) is 53.7 Å². The van der Waals surface area contributed by atoms with Gasteiger partial charge in [-0.1, -0.05) is 12.8 Å². The molecule has 1 aliphatic rings. The van der Waals surface area contributed by atoms with E-state index in [0.29, 0.717) is 12.1 Å². The minimum absolute atomic E-state index is 0.00120. The Kier molecular flexibility index (Phi) is 4.07. The van der Waals surface area contributed by atoms with Crippen LogP contribution in [-0.2, 0) is 0 Å². The molecule has 0 radical (unpaired) electrons. The second kappa shape index (κ2) is 5.56. The Morgan fingerprint density at radius 1 is 1.53 bits per heavy atom. The SMILES string of the molecule is O=C(c1ccoc1Cl)N1CCCCCC1CO. The molecule has 4 nitrogen and oxygen atoms in total. The Morgan fingerprint density at radius 2 is 2.35 bits per heavy atom. The third-order valence-electron chi connectivity index (χ3n) is 3.20. The van der Waals surface area contributed by atoms with Crippen LogP contribution in [0.1, 0.15) is 36.0 Å². The van der Waals surface area contributed by atoms with E-state index < -0.39 is 0 Å². The van der Waals surface area contributed by atoms with Crippen LogP contribution in [0.25, 0.3) is 0 Å². The zero-order valence-electron chi connectivity index (χ0n) is 9.56. The molecular formula is C12H16ClNO3. The van der Waals surface area contributed by atoms with Crippen molar-refractivity contribution in [3.63, 3.8) is 0 Å². The second-order valence-corrected chi connectivity index (χ2v) is 4.64. The van der Waals surface area contributed by atoms with Crippen LogP contribution in [0.2, 0.25) is 5.22 Å². The van der Waals surface area contributed by atoms with E-state index >= 15 is 0 Å². The highest BCUT2D eigenvalue weighted by molar-refractivity contribution is 6.32. The van der Waals surface area contributed by atoms with Crippen molar-refractivity contribution in [2.75, 3.05) is 13.2 Å². The van der Waals surface area contributed by atoms with Gasteiger partial charge in [0.05, 0.1) is 24.5 Å². The summed E-state index contributed by atoms with van der Waals surface area (Å²) in [6, 6.07) is 1.47. The quantitative estimate of drug-likeness (QED) is 0.885. The van der Waals surface area contributed by atoms with E-state index in [2.05, 4.69) is 0 Å². The van der Waals surface area contributed by atoms with Crippen molar-refractivity contribution < 1.29 is 14.3 Å². The summed E-state index contributed by atoms with van der Waals surface area (Å²) in [5.74, 6) is -0.148. The van der Waals surface area contributed by atoms with Gasteiger partial charge >= 0.3 is 0 Å². The fourth-order valence-corrected chi connectivity index (χ4v) is 2.43. The fraction of sp³-hybridized carbons (Fsp3) is 0.583. The van der Waals surface area contributed by atoms with E-state index in [4.69, 9.17) is 16.0 Å². The molecule has 1 atom stereocenters. The van der Waals surface area contributed by atoms with Gasteiger partial charge in [0.1, 0.15) is 0 Å². The maximum atomic E-state index is 12.3. The molecule has 1 saturated heterocycles. The predicted octanol–water partition coefficient (Wildman–Crippen LogP) is 2.31. The van der Waals surface area contributed by atoms with Crippen molar-refractivity contribution in [1.82, 2.24) is 4.90 Å². The average Bonchev–Trinajstić information content (AvgIpc) is 2.64. The summed E-state index contributed by atoms with van der Waals surface area (Å²) in [5.41, 5.74) is 0.381. The first-order valence-electron chi connectivity index (χ1n) is 5.89. The monoisotopic (exact) mass is 257 g/mol. The summed E-state index contributed by atoms with van der Waals surface area (Å²) in [6.45, 7) is 0.673. The average molecular weight is 258 g/mol. The van der Waals surface area contributed by atoms with Gasteiger partial charge in [-0.3, -0.25) is 4.79 Å². The van der Waals surface area contributed by atoms with Crippen molar-refractivity contribution in [3.05, 3.63) is 23.1 Å². The smallest absolute Gasteiger partial charge is 0.259 e. The second-order valence-electron chi connectivity index (χ2n) is 4.29. The van der Waals surface area contributed by atoms with Gasteiger partial charge in [-0.05, 0) is 30.5 Å². The predicted molar refractivity (Wildman–Crippen MR) is 64.1 cm³/mol. The van der Waals surface area contributed by atoms with E-state index in [1.165, 1.54) is 6.26 Å². The molecule has 1 aromatic rings. The van der Waals surface area contributed by atoms with Gasteiger partial charge in [0.2, 0.25) is 5.22 Å². The number of hydrogen-bond acceptors (Lipinski definition) is 3. The number of likely N-dealkylation sites (tertiary alicyclic amines) is 1. The zero-order chi connectivity index (χ0) is 12.3. The number of furan rings is 1. The Morgan fingerprint density at radius 3 is 3.00 bits per heavy atom. The van der Waals surface area contributed by atoms with Gasteiger partial charge in [0.25, 0.3) is 5.91 Å². The summed E-state index contributed by atoms with van der Waals surface area (Å²) in [6.07, 6.45) is 5.37. The van der Waals surface area contributed by atoms with Crippen LogP contribution < -0.4 is 0 Å². The standard InChI is InChI=1S/C12H16ClNO3/c13-11-10(5-7-17-11)12(16)14-6-3-1-2-4-9(14)8-15/h5,7,9,15H,1-4,6,8H2. The minimum atomic E-state index is -0.148. The number of hydrogen-bond donors (Lipinski definition) is 1. The first-order valence-corrected chi connectivity index (χ1v) is 6.26. The lowest BCUT2D eigenvalue weighted by molar-refractivity contribution is 0.0599. The van der Waals surface area contributed by atoms with Gasteiger partial charge < -0.3 is 14.4 Å². The normalized spacial score (nSPS) is 21.3. The number of carbonyl (C=O) groups is 1. The first kappa shape index (κ1) is 12.5.